The summed E-state index contributed by atoms with van der Waals surface area (Å²) in [5.74, 6) is 0. The molecule has 8 heteroatoms. The van der Waals surface area contributed by atoms with Crippen molar-refractivity contribution < 1.29 is 13.9 Å². The molecule has 0 aliphatic rings. The molecule has 0 spiro atoms. The predicted octanol–water partition coefficient (Wildman–Crippen LogP) is 6.69. The fourth-order valence-corrected chi connectivity index (χ4v) is 7.62. The molecular formula is C29H39N2O4PSi. The van der Waals surface area contributed by atoms with Gasteiger partial charge in [0.15, 0.2) is 8.32 Å². The van der Waals surface area contributed by atoms with Gasteiger partial charge in [-0.05, 0) is 54.4 Å². The van der Waals surface area contributed by atoms with Crippen LogP contribution in [-0.2, 0) is 8.99 Å². The van der Waals surface area contributed by atoms with Gasteiger partial charge in [-0.3, -0.25) is 14.7 Å². The number of nitrogens with zero attached hydrogens (tertiary/aromatic N) is 1. The number of benzene rings is 3. The lowest BCUT2D eigenvalue weighted by Crippen LogP contribution is -2.42. The molecule has 0 aliphatic carbocycles. The van der Waals surface area contributed by atoms with Crippen LogP contribution < -0.4 is 15.7 Å². The molecule has 3 aromatic rings. The Hall–Kier alpha value is -2.57. The molecule has 0 saturated heterocycles. The van der Waals surface area contributed by atoms with Crippen molar-refractivity contribution in [3.63, 3.8) is 0 Å². The fraction of sp³-hybridized carbons (Fsp3) is 0.379. The smallest absolute Gasteiger partial charge is 0.232 e. The Morgan fingerprint density at radius 1 is 0.892 bits per heavy atom. The van der Waals surface area contributed by atoms with Gasteiger partial charge in [-0.15, -0.1) is 0 Å². The Kier molecular flexibility index (Phi) is 9.65. The van der Waals surface area contributed by atoms with Gasteiger partial charge in [0.2, 0.25) is 13.3 Å². The average molecular weight is 539 g/mol. The molecule has 1 N–H and O–H groups in total. The summed E-state index contributed by atoms with van der Waals surface area (Å²) in [6.45, 7) is 11.4. The normalized spacial score (nSPS) is 14.2. The standard InChI is InChI=1S/C29H39N2O4PSi/c1-29(2,3)37(4,5)35-23-15-22-27(31(32)33)28(24-16-9-6-10-17-24)30-36(34,25-18-11-7-12-19-25)26-20-13-8-14-21-26/h6-14,16-21,27-28H,15,22-23H2,1-5H3,(H,30,34)/t27-,28+/m1/s1. The van der Waals surface area contributed by atoms with Gasteiger partial charge >= 0.3 is 0 Å². The Bertz CT molecular complexity index is 1140. The van der Waals surface area contributed by atoms with Gasteiger partial charge < -0.3 is 4.43 Å². The third kappa shape index (κ3) is 7.26. The van der Waals surface area contributed by atoms with E-state index in [0.29, 0.717) is 30.1 Å². The van der Waals surface area contributed by atoms with Crippen molar-refractivity contribution in [1.82, 2.24) is 5.09 Å². The number of hydrogen-bond acceptors (Lipinski definition) is 4. The summed E-state index contributed by atoms with van der Waals surface area (Å²) in [5.41, 5.74) is 0.738. The van der Waals surface area contributed by atoms with Gasteiger partial charge in [-0.1, -0.05) is 87.5 Å². The molecular weight excluding hydrogens is 499 g/mol. The molecule has 0 saturated carbocycles. The van der Waals surface area contributed by atoms with E-state index in [1.165, 1.54) is 0 Å². The van der Waals surface area contributed by atoms with E-state index in [1.54, 1.807) is 0 Å². The zero-order valence-electron chi connectivity index (χ0n) is 22.5. The van der Waals surface area contributed by atoms with Gasteiger partial charge in [-0.2, -0.15) is 0 Å². The van der Waals surface area contributed by atoms with Gasteiger partial charge in [0, 0.05) is 28.6 Å². The molecule has 0 fully saturated rings. The Balaban J connectivity index is 1.95. The number of nitrogens with one attached hydrogen (secondary N) is 1. The van der Waals surface area contributed by atoms with E-state index in [-0.39, 0.29) is 9.96 Å². The minimum atomic E-state index is -3.41. The summed E-state index contributed by atoms with van der Waals surface area (Å²) >= 11 is 0. The first-order valence-corrected chi connectivity index (χ1v) is 17.4. The molecule has 37 heavy (non-hydrogen) atoms. The summed E-state index contributed by atoms with van der Waals surface area (Å²) in [5, 5.41) is 17.1. The number of rotatable bonds is 12. The van der Waals surface area contributed by atoms with Gasteiger partial charge in [-0.25, -0.2) is 5.09 Å². The molecule has 0 unspecified atom stereocenters. The summed E-state index contributed by atoms with van der Waals surface area (Å²) in [4.78, 5) is 12.2. The largest absolute Gasteiger partial charge is 0.417 e. The van der Waals surface area contributed by atoms with Gasteiger partial charge in [0.1, 0.15) is 6.04 Å². The van der Waals surface area contributed by atoms with Crippen LogP contribution in [0.1, 0.15) is 45.2 Å². The summed E-state index contributed by atoms with van der Waals surface area (Å²) < 4.78 is 21.0. The highest BCUT2D eigenvalue weighted by molar-refractivity contribution is 7.76. The molecule has 0 aromatic heterocycles. The van der Waals surface area contributed by atoms with Crippen molar-refractivity contribution >= 4 is 26.2 Å². The van der Waals surface area contributed by atoms with E-state index in [9.17, 15) is 14.7 Å². The molecule has 0 heterocycles. The highest BCUT2D eigenvalue weighted by Gasteiger charge is 2.40. The quantitative estimate of drug-likeness (QED) is 0.0913. The molecule has 0 amide bonds. The summed E-state index contributed by atoms with van der Waals surface area (Å²) in [7, 11) is -5.36. The second kappa shape index (κ2) is 12.3. The van der Waals surface area contributed by atoms with Crippen LogP contribution >= 0.6 is 7.29 Å². The van der Waals surface area contributed by atoms with Crippen molar-refractivity contribution in [2.24, 2.45) is 0 Å². The van der Waals surface area contributed by atoms with Crippen molar-refractivity contribution in [2.75, 3.05) is 6.61 Å². The van der Waals surface area contributed by atoms with Crippen LogP contribution in [0.15, 0.2) is 91.0 Å². The van der Waals surface area contributed by atoms with Crippen LogP contribution in [0, 0.1) is 10.1 Å². The number of nitro groups is 1. The van der Waals surface area contributed by atoms with E-state index in [2.05, 4.69) is 39.0 Å². The monoisotopic (exact) mass is 538 g/mol. The average Bonchev–Trinajstić information content (AvgIpc) is 2.88. The lowest BCUT2D eigenvalue weighted by atomic mass is 9.97. The molecule has 6 nitrogen and oxygen atoms in total. The zero-order valence-corrected chi connectivity index (χ0v) is 24.4. The highest BCUT2D eigenvalue weighted by Crippen LogP contribution is 2.43. The van der Waals surface area contributed by atoms with E-state index in [0.717, 1.165) is 5.56 Å². The van der Waals surface area contributed by atoms with Crippen LogP contribution in [0.2, 0.25) is 18.1 Å². The maximum absolute atomic E-state index is 14.7. The minimum Gasteiger partial charge on any atom is -0.417 e. The molecule has 198 valence electrons. The fourth-order valence-electron chi connectivity index (χ4n) is 4.04. The van der Waals surface area contributed by atoms with Crippen molar-refractivity contribution in [1.29, 1.82) is 0 Å². The summed E-state index contributed by atoms with van der Waals surface area (Å²) in [6.07, 6.45) is 0.849. The molecule has 3 rings (SSSR count). The van der Waals surface area contributed by atoms with E-state index in [4.69, 9.17) is 4.43 Å². The van der Waals surface area contributed by atoms with Crippen LogP contribution in [0.4, 0.5) is 0 Å². The molecule has 0 aliphatic heterocycles. The van der Waals surface area contributed by atoms with Crippen molar-refractivity contribution in [2.45, 2.75) is 63.8 Å². The highest BCUT2D eigenvalue weighted by atomic mass is 31.2. The molecule has 0 bridgehead atoms. The molecule has 2 atom stereocenters. The van der Waals surface area contributed by atoms with Crippen molar-refractivity contribution in [3.8, 4) is 0 Å². The lowest BCUT2D eigenvalue weighted by molar-refractivity contribution is -0.528. The van der Waals surface area contributed by atoms with Crippen LogP contribution in [0.5, 0.6) is 0 Å². The van der Waals surface area contributed by atoms with E-state index in [1.807, 2.05) is 91.0 Å². The third-order valence-corrected chi connectivity index (χ3v) is 14.5. The summed E-state index contributed by atoms with van der Waals surface area (Å²) in [6, 6.07) is 26.0. The maximum Gasteiger partial charge on any atom is 0.232 e. The van der Waals surface area contributed by atoms with Crippen LogP contribution in [0.25, 0.3) is 0 Å². The topological polar surface area (TPSA) is 81.5 Å². The Morgan fingerprint density at radius 3 is 1.78 bits per heavy atom. The molecule has 3 aromatic carbocycles. The minimum absolute atomic E-state index is 0.0711. The SMILES string of the molecule is CC(C)(C)[Si](C)(C)OCCC[C@H]([C@@H](NP(=O)(c1ccccc1)c1ccccc1)c1ccccc1)[N+](=O)[O-]. The first-order valence-electron chi connectivity index (χ1n) is 12.8. The second-order valence-electron chi connectivity index (χ2n) is 10.9. The van der Waals surface area contributed by atoms with Crippen molar-refractivity contribution in [3.05, 3.63) is 107 Å². The lowest BCUT2D eigenvalue weighted by Gasteiger charge is -2.36. The first-order chi connectivity index (χ1) is 17.5. The van der Waals surface area contributed by atoms with Crippen LogP contribution in [-0.4, -0.2) is 25.9 Å². The maximum atomic E-state index is 14.7. The number of hydrogen-bond donors (Lipinski definition) is 1. The molecule has 0 radical (unpaired) electrons. The Morgan fingerprint density at radius 2 is 1.35 bits per heavy atom. The van der Waals surface area contributed by atoms with Crippen LogP contribution in [0.3, 0.4) is 0 Å². The third-order valence-electron chi connectivity index (χ3n) is 7.29. The van der Waals surface area contributed by atoms with E-state index < -0.39 is 27.7 Å². The second-order valence-corrected chi connectivity index (χ2v) is 18.2. The zero-order chi connectivity index (χ0) is 27.1. The first kappa shape index (κ1) is 29.0. The predicted molar refractivity (Wildman–Crippen MR) is 155 cm³/mol. The Labute approximate surface area is 222 Å². The van der Waals surface area contributed by atoms with Gasteiger partial charge in [0.25, 0.3) is 0 Å². The van der Waals surface area contributed by atoms with Gasteiger partial charge in [0.05, 0.1) is 0 Å². The van der Waals surface area contributed by atoms with E-state index >= 15 is 0 Å².